The quantitative estimate of drug-likeness (QED) is 0.755. The van der Waals surface area contributed by atoms with Gasteiger partial charge in [-0.05, 0) is 20.8 Å². The van der Waals surface area contributed by atoms with E-state index in [9.17, 15) is 0 Å². The lowest BCUT2D eigenvalue weighted by Gasteiger charge is -2.08. The molecule has 0 N–H and O–H groups in total. The summed E-state index contributed by atoms with van der Waals surface area (Å²) in [6, 6.07) is 0. The molecule has 7 heteroatoms. The summed E-state index contributed by atoms with van der Waals surface area (Å²) in [6.07, 6.45) is 0. The van der Waals surface area contributed by atoms with Gasteiger partial charge in [-0.1, -0.05) is 18.5 Å². The summed E-state index contributed by atoms with van der Waals surface area (Å²) in [5.74, 6) is 1.08. The molecule has 2 aromatic rings. The zero-order valence-electron chi connectivity index (χ0n) is 11.3. The second kappa shape index (κ2) is 6.91. The van der Waals surface area contributed by atoms with Gasteiger partial charge in [-0.25, -0.2) is 9.97 Å². The van der Waals surface area contributed by atoms with Crippen molar-refractivity contribution in [3.8, 4) is 0 Å². The minimum atomic E-state index is 1.06. The summed E-state index contributed by atoms with van der Waals surface area (Å²) >= 11 is 3.43. The van der Waals surface area contributed by atoms with Crippen molar-refractivity contribution in [2.24, 2.45) is 0 Å². The average molecular weight is 319 g/mol. The third-order valence-electron chi connectivity index (χ3n) is 2.26. The monoisotopic (exact) mass is 319 g/mol. The van der Waals surface area contributed by atoms with Crippen LogP contribution in [0.5, 0.6) is 0 Å². The van der Waals surface area contributed by atoms with E-state index in [2.05, 4.69) is 42.3 Å². The van der Waals surface area contributed by atoms with Crippen LogP contribution in [0.25, 0.3) is 0 Å². The molecule has 0 radical (unpaired) electrons. The molecule has 2 aromatic heterocycles. The van der Waals surface area contributed by atoms with Crippen LogP contribution >= 0.6 is 41.2 Å². The summed E-state index contributed by atoms with van der Waals surface area (Å²) in [5, 5.41) is 0. The van der Waals surface area contributed by atoms with Gasteiger partial charge in [-0.2, -0.15) is 0 Å². The predicted molar refractivity (Wildman–Crippen MR) is 91.5 cm³/mol. The Bertz CT molecular complexity index is 501. The Hall–Kier alpha value is -0.0800. The van der Waals surface area contributed by atoms with Crippen LogP contribution in [0.4, 0.5) is 5.82 Å². The molecule has 0 aliphatic rings. The number of hydrogen-bond donors (Lipinski definition) is 0. The first kappa shape index (κ1) is 16.0. The van der Waals surface area contributed by atoms with Gasteiger partial charge < -0.3 is 4.90 Å². The number of nitrogens with zero attached hydrogens (tertiary/aromatic N) is 3. The molecule has 3 nitrogen and oxygen atoms in total. The minimum Gasteiger partial charge on any atom is -0.362 e. The van der Waals surface area contributed by atoms with Gasteiger partial charge in [0.15, 0.2) is 0 Å². The van der Waals surface area contributed by atoms with Crippen molar-refractivity contribution in [3.63, 3.8) is 0 Å². The Morgan fingerprint density at radius 3 is 1.56 bits per heavy atom. The van der Waals surface area contributed by atoms with Crippen molar-refractivity contribution in [3.05, 3.63) is 15.4 Å². The van der Waals surface area contributed by atoms with E-state index < -0.39 is 0 Å². The van der Waals surface area contributed by atoms with Crippen LogP contribution in [0.3, 0.4) is 0 Å². The van der Waals surface area contributed by atoms with Crippen LogP contribution in [0.15, 0.2) is 0 Å². The highest BCUT2D eigenvalue weighted by Gasteiger charge is 2.04. The van der Waals surface area contributed by atoms with Crippen molar-refractivity contribution < 1.29 is 0 Å². The van der Waals surface area contributed by atoms with Crippen LogP contribution in [0, 0.1) is 20.8 Å². The van der Waals surface area contributed by atoms with E-state index in [4.69, 9.17) is 0 Å². The number of aromatic nitrogens is 2. The number of hydrogen-bond acceptors (Lipinski definition) is 5. The van der Waals surface area contributed by atoms with Crippen LogP contribution in [0.2, 0.25) is 0 Å². The van der Waals surface area contributed by atoms with E-state index >= 15 is 0 Å². The molecule has 0 spiro atoms. The zero-order valence-corrected chi connectivity index (χ0v) is 15.3. The van der Waals surface area contributed by atoms with Crippen molar-refractivity contribution in [1.82, 2.24) is 9.97 Å². The Morgan fingerprint density at radius 2 is 1.39 bits per heavy atom. The van der Waals surface area contributed by atoms with Gasteiger partial charge in [0, 0.05) is 23.8 Å². The van der Waals surface area contributed by atoms with Crippen LogP contribution in [-0.2, 0) is 0 Å². The van der Waals surface area contributed by atoms with Gasteiger partial charge in [0.05, 0.1) is 5.69 Å². The fraction of sp³-hybridized carbons (Fsp3) is 0.455. The SMILES string of the molecule is Cc1nc(P)sc1C.Cc1sc(P)nc1N(C)C. The van der Waals surface area contributed by atoms with Crippen molar-refractivity contribution in [2.75, 3.05) is 19.0 Å². The highest BCUT2D eigenvalue weighted by molar-refractivity contribution is 7.43. The number of thiazole rings is 2. The Balaban J connectivity index is 0.000000184. The maximum Gasteiger partial charge on any atom is 0.142 e. The first-order chi connectivity index (χ1) is 8.31. The predicted octanol–water partition coefficient (Wildman–Crippen LogP) is 2.28. The summed E-state index contributed by atoms with van der Waals surface area (Å²) in [5.41, 5.74) is 1.15. The van der Waals surface area contributed by atoms with E-state index in [1.165, 1.54) is 9.75 Å². The molecule has 0 amide bonds. The standard InChI is InChI=1S/C6H11N2PS.C5H8NPS/c1-4-5(8(2)3)7-6(9)10-4;1-3-4(2)8-5(7)6-3/h9H2,1-3H3;7H2,1-2H3. The van der Waals surface area contributed by atoms with Gasteiger partial charge >= 0.3 is 0 Å². The first-order valence-corrected chi connectivity index (χ1v) is 8.19. The van der Waals surface area contributed by atoms with E-state index in [1.54, 1.807) is 22.7 Å². The molecule has 0 aliphatic carbocycles. The second-order valence-corrected chi connectivity index (χ2v) is 8.42. The highest BCUT2D eigenvalue weighted by Crippen LogP contribution is 2.18. The largest absolute Gasteiger partial charge is 0.362 e. The summed E-state index contributed by atoms with van der Waals surface area (Å²) in [7, 11) is 9.21. The third-order valence-corrected chi connectivity index (χ3v) is 4.91. The van der Waals surface area contributed by atoms with Crippen molar-refractivity contribution >= 4 is 56.5 Å². The number of anilines is 1. The van der Waals surface area contributed by atoms with Crippen LogP contribution in [-0.4, -0.2) is 24.1 Å². The molecule has 0 saturated heterocycles. The lowest BCUT2D eigenvalue weighted by Crippen LogP contribution is -2.10. The summed E-state index contributed by atoms with van der Waals surface area (Å²) in [6.45, 7) is 6.19. The fourth-order valence-corrected chi connectivity index (χ4v) is 4.15. The lowest BCUT2D eigenvalue weighted by atomic mass is 10.4. The Labute approximate surface area is 121 Å². The molecule has 2 unspecified atom stereocenters. The fourth-order valence-electron chi connectivity index (χ4n) is 1.32. The van der Waals surface area contributed by atoms with Gasteiger partial charge in [-0.3, -0.25) is 0 Å². The number of rotatable bonds is 1. The average Bonchev–Trinajstić information content (AvgIpc) is 2.71. The smallest absolute Gasteiger partial charge is 0.142 e. The zero-order chi connectivity index (χ0) is 13.9. The molecule has 0 fully saturated rings. The van der Waals surface area contributed by atoms with Gasteiger partial charge in [0.1, 0.15) is 15.3 Å². The highest BCUT2D eigenvalue weighted by atomic mass is 32.1. The van der Waals surface area contributed by atoms with E-state index in [-0.39, 0.29) is 0 Å². The molecule has 0 saturated carbocycles. The molecule has 0 aliphatic heterocycles. The molecule has 2 rings (SSSR count). The number of aryl methyl sites for hydroxylation is 3. The van der Waals surface area contributed by atoms with Crippen molar-refractivity contribution in [2.45, 2.75) is 20.8 Å². The molecule has 2 atom stereocenters. The van der Waals surface area contributed by atoms with Gasteiger partial charge in [0.25, 0.3) is 0 Å². The molecule has 0 aromatic carbocycles. The molecular weight excluding hydrogens is 300 g/mol. The minimum absolute atomic E-state index is 1.06. The maximum atomic E-state index is 4.32. The van der Waals surface area contributed by atoms with Crippen LogP contribution in [0.1, 0.15) is 15.4 Å². The second-order valence-electron chi connectivity index (χ2n) is 4.02. The van der Waals surface area contributed by atoms with Gasteiger partial charge in [-0.15, -0.1) is 22.7 Å². The topological polar surface area (TPSA) is 29.0 Å². The molecule has 100 valence electrons. The third kappa shape index (κ3) is 4.55. The van der Waals surface area contributed by atoms with Crippen molar-refractivity contribution in [1.29, 1.82) is 0 Å². The Kier molecular flexibility index (Phi) is 6.13. The summed E-state index contributed by atoms with van der Waals surface area (Å²) in [4.78, 5) is 13.1. The lowest BCUT2D eigenvalue weighted by molar-refractivity contribution is 1.08. The van der Waals surface area contributed by atoms with E-state index in [0.29, 0.717) is 0 Å². The normalized spacial score (nSPS) is 9.94. The molecule has 0 bridgehead atoms. The molecular formula is C11H19N3P2S2. The van der Waals surface area contributed by atoms with Gasteiger partial charge in [0.2, 0.25) is 0 Å². The first-order valence-electron chi connectivity index (χ1n) is 5.41. The van der Waals surface area contributed by atoms with Crippen LogP contribution < -0.4 is 14.4 Å². The maximum absolute atomic E-state index is 4.32. The Morgan fingerprint density at radius 1 is 0.889 bits per heavy atom. The summed E-state index contributed by atoms with van der Waals surface area (Å²) < 4.78 is 2.14. The molecule has 2 heterocycles. The van der Waals surface area contributed by atoms with E-state index in [1.807, 2.05) is 25.9 Å². The van der Waals surface area contributed by atoms with E-state index in [0.717, 1.165) is 21.0 Å². The molecule has 18 heavy (non-hydrogen) atoms.